The van der Waals surface area contributed by atoms with Crippen molar-refractivity contribution in [1.29, 1.82) is 0 Å². The summed E-state index contributed by atoms with van der Waals surface area (Å²) >= 11 is 0. The van der Waals surface area contributed by atoms with Crippen LogP contribution in [0.2, 0.25) is 0 Å². The molecule has 2 N–H and O–H groups in total. The second kappa shape index (κ2) is 10.2. The molecule has 6 unspecified atom stereocenters. The summed E-state index contributed by atoms with van der Waals surface area (Å²) in [5, 5.41) is 0. The van der Waals surface area contributed by atoms with Gasteiger partial charge in [0.2, 0.25) is 0 Å². The summed E-state index contributed by atoms with van der Waals surface area (Å²) in [6.07, 6.45) is 7.63. The lowest BCUT2D eigenvalue weighted by Crippen LogP contribution is -2.38. The van der Waals surface area contributed by atoms with E-state index < -0.39 is 25.0 Å². The molecule has 0 bridgehead atoms. The highest BCUT2D eigenvalue weighted by molar-refractivity contribution is 7.87. The topological polar surface area (TPSA) is 109 Å². The molecule has 0 heterocycles. The number of hydrogen-bond donors (Lipinski definition) is 2. The zero-order chi connectivity index (χ0) is 21.8. The minimum absolute atomic E-state index is 0.0397. The van der Waals surface area contributed by atoms with E-state index in [0.717, 1.165) is 44.9 Å². The normalized spacial score (nSPS) is 36.2. The van der Waals surface area contributed by atoms with Crippen LogP contribution in [0.25, 0.3) is 0 Å². The number of hydrogen-bond acceptors (Lipinski definition) is 4. The first-order valence-corrected chi connectivity index (χ1v) is 13.7. The van der Waals surface area contributed by atoms with Gasteiger partial charge < -0.3 is 0 Å². The summed E-state index contributed by atoms with van der Waals surface area (Å²) < 4.78 is 61.5. The minimum atomic E-state index is -3.91. The Morgan fingerprint density at radius 1 is 0.857 bits per heavy atom. The molecule has 8 heteroatoms. The highest BCUT2D eigenvalue weighted by atomic mass is 32.2. The maximum Gasteiger partial charge on any atom is 0.270 e. The molecule has 6 atom stereocenters. The third kappa shape index (κ3) is 7.26. The van der Waals surface area contributed by atoms with E-state index in [4.69, 9.17) is 4.55 Å². The predicted molar refractivity (Wildman–Crippen MR) is 113 cm³/mol. The van der Waals surface area contributed by atoms with E-state index in [1.54, 1.807) is 6.92 Å². The smallest absolute Gasteiger partial charge is 0.270 e. The van der Waals surface area contributed by atoms with Gasteiger partial charge in [-0.15, -0.1) is 0 Å². The zero-order valence-corrected chi connectivity index (χ0v) is 19.7. The van der Waals surface area contributed by atoms with Crippen LogP contribution in [0.1, 0.15) is 86.0 Å². The van der Waals surface area contributed by atoms with E-state index in [1.807, 2.05) is 6.92 Å². The van der Waals surface area contributed by atoms with Crippen molar-refractivity contribution in [2.75, 3.05) is 5.75 Å². The summed E-state index contributed by atoms with van der Waals surface area (Å²) in [5.41, 5.74) is 0. The van der Waals surface area contributed by atoms with Crippen LogP contribution in [0.4, 0.5) is 0 Å². The van der Waals surface area contributed by atoms with Crippen molar-refractivity contribution in [2.24, 2.45) is 29.6 Å². The quantitative estimate of drug-likeness (QED) is 0.550. The van der Waals surface area contributed by atoms with Gasteiger partial charge >= 0.3 is 0 Å². The van der Waals surface area contributed by atoms with E-state index in [2.05, 4.69) is 20.8 Å². The molecule has 2 fully saturated rings. The fourth-order valence-corrected chi connectivity index (χ4v) is 7.56. The van der Waals surface area contributed by atoms with Crippen LogP contribution in [0, 0.1) is 29.6 Å². The van der Waals surface area contributed by atoms with Crippen LogP contribution < -0.4 is 0 Å². The molecule has 2 aliphatic carbocycles. The fraction of sp³-hybridized carbons (Fsp3) is 1.00. The molecule has 168 valence electrons. The van der Waals surface area contributed by atoms with Crippen molar-refractivity contribution in [2.45, 2.75) is 90.7 Å². The van der Waals surface area contributed by atoms with Crippen molar-refractivity contribution in [3.8, 4) is 0 Å². The summed E-state index contributed by atoms with van der Waals surface area (Å²) in [6, 6.07) is 0. The molecule has 0 saturated heterocycles. The Hall–Kier alpha value is -0.180. The van der Waals surface area contributed by atoms with Crippen molar-refractivity contribution in [1.82, 2.24) is 0 Å². The molecule has 0 aromatic heterocycles. The van der Waals surface area contributed by atoms with E-state index in [0.29, 0.717) is 24.2 Å². The van der Waals surface area contributed by atoms with E-state index in [-0.39, 0.29) is 17.6 Å². The second-order valence-electron chi connectivity index (χ2n) is 9.45. The van der Waals surface area contributed by atoms with Gasteiger partial charge in [-0.3, -0.25) is 9.11 Å². The van der Waals surface area contributed by atoms with Gasteiger partial charge in [0.05, 0.1) is 10.5 Å². The third-order valence-electron chi connectivity index (χ3n) is 6.69. The standard InChI is InChI=1S/2C10H20O3S/c1-4-5-9-6-8(2)7-10(9,3)14(11,12)13;1-3-4-9-5-8(2)6-10(9)7-14(11,12)13/h8-9H,4-7H2,1-3H3,(H,11,12,13);8-10H,3-7H2,1-2H3,(H,11,12,13). The molecule has 0 aromatic rings. The molecule has 28 heavy (non-hydrogen) atoms. The average molecular weight is 441 g/mol. The molecule has 0 aliphatic heterocycles. The van der Waals surface area contributed by atoms with Crippen molar-refractivity contribution in [3.05, 3.63) is 0 Å². The van der Waals surface area contributed by atoms with E-state index in [1.165, 1.54) is 0 Å². The van der Waals surface area contributed by atoms with Crippen LogP contribution in [0.5, 0.6) is 0 Å². The fourth-order valence-electron chi connectivity index (χ4n) is 5.48. The molecule has 0 spiro atoms. The van der Waals surface area contributed by atoms with Gasteiger partial charge in [0.25, 0.3) is 20.2 Å². The van der Waals surface area contributed by atoms with Crippen LogP contribution in [-0.2, 0) is 20.2 Å². The van der Waals surface area contributed by atoms with Gasteiger partial charge in [-0.1, -0.05) is 47.0 Å². The maximum absolute atomic E-state index is 11.3. The highest BCUT2D eigenvalue weighted by Gasteiger charge is 2.50. The van der Waals surface area contributed by atoms with Crippen LogP contribution in [-0.4, -0.2) is 36.4 Å². The Kier molecular flexibility index (Phi) is 9.44. The lowest BCUT2D eigenvalue weighted by molar-refractivity contribution is 0.359. The first-order valence-electron chi connectivity index (χ1n) is 10.7. The summed E-state index contributed by atoms with van der Waals surface area (Å²) in [7, 11) is -7.69. The third-order valence-corrected chi connectivity index (χ3v) is 9.22. The van der Waals surface area contributed by atoms with Gasteiger partial charge in [0.15, 0.2) is 0 Å². The van der Waals surface area contributed by atoms with Gasteiger partial charge in [-0.05, 0) is 68.6 Å². The van der Waals surface area contributed by atoms with Gasteiger partial charge in [-0.25, -0.2) is 0 Å². The Labute approximate surface area is 172 Å². The SMILES string of the molecule is CCCC1CC(C)CC1(C)S(=O)(=O)O.CCCC1CC(C)CC1CS(=O)(=O)O. The van der Waals surface area contributed by atoms with Crippen molar-refractivity contribution >= 4 is 20.2 Å². The van der Waals surface area contributed by atoms with Gasteiger partial charge in [0.1, 0.15) is 0 Å². The van der Waals surface area contributed by atoms with E-state index >= 15 is 0 Å². The first-order chi connectivity index (χ1) is 12.7. The van der Waals surface area contributed by atoms with Crippen molar-refractivity contribution < 1.29 is 25.9 Å². The summed E-state index contributed by atoms with van der Waals surface area (Å²) in [6.45, 7) is 10.1. The molecular formula is C20H40O6S2. The first kappa shape index (κ1) is 25.9. The van der Waals surface area contributed by atoms with Crippen LogP contribution in [0.15, 0.2) is 0 Å². The summed E-state index contributed by atoms with van der Waals surface area (Å²) in [4.78, 5) is 0. The molecule has 0 amide bonds. The highest BCUT2D eigenvalue weighted by Crippen LogP contribution is 2.46. The largest absolute Gasteiger partial charge is 0.286 e. The Morgan fingerprint density at radius 2 is 1.39 bits per heavy atom. The Bertz CT molecular complexity index is 687. The zero-order valence-electron chi connectivity index (χ0n) is 18.1. The molecular weight excluding hydrogens is 400 g/mol. The maximum atomic E-state index is 11.3. The minimum Gasteiger partial charge on any atom is -0.286 e. The lowest BCUT2D eigenvalue weighted by Gasteiger charge is -2.27. The second-order valence-corrected chi connectivity index (χ2v) is 12.8. The molecule has 2 aliphatic rings. The lowest BCUT2D eigenvalue weighted by atomic mass is 9.92. The van der Waals surface area contributed by atoms with Crippen LogP contribution >= 0.6 is 0 Å². The van der Waals surface area contributed by atoms with Gasteiger partial charge in [0, 0.05) is 0 Å². The molecule has 2 rings (SSSR count). The van der Waals surface area contributed by atoms with E-state index in [9.17, 15) is 21.4 Å². The molecule has 6 nitrogen and oxygen atoms in total. The Morgan fingerprint density at radius 3 is 1.86 bits per heavy atom. The van der Waals surface area contributed by atoms with Crippen molar-refractivity contribution in [3.63, 3.8) is 0 Å². The van der Waals surface area contributed by atoms with Crippen LogP contribution in [0.3, 0.4) is 0 Å². The van der Waals surface area contributed by atoms with Gasteiger partial charge in [-0.2, -0.15) is 16.8 Å². The Balaban J connectivity index is 0.000000280. The molecule has 2 saturated carbocycles. The number of rotatable bonds is 7. The predicted octanol–water partition coefficient (Wildman–Crippen LogP) is 4.82. The molecule has 0 aromatic carbocycles. The monoisotopic (exact) mass is 440 g/mol. The average Bonchev–Trinajstić information content (AvgIpc) is 2.99. The molecule has 0 radical (unpaired) electrons. The summed E-state index contributed by atoms with van der Waals surface area (Å²) in [5.74, 6) is 1.77.